The second-order valence-electron chi connectivity index (χ2n) is 4.81. The normalized spacial score (nSPS) is 21.8. The van der Waals surface area contributed by atoms with Crippen LogP contribution < -0.4 is 10.1 Å². The third-order valence-corrected chi connectivity index (χ3v) is 3.03. The molecule has 1 N–H and O–H groups in total. The van der Waals surface area contributed by atoms with Crippen molar-refractivity contribution in [3.63, 3.8) is 0 Å². The van der Waals surface area contributed by atoms with Crippen LogP contribution in [0.4, 0.5) is 4.39 Å². The third-order valence-electron chi connectivity index (χ3n) is 3.03. The number of hydrogen-bond acceptors (Lipinski definition) is 2. The number of para-hydroxylation sites is 1. The molecule has 1 aromatic rings. The van der Waals surface area contributed by atoms with Gasteiger partial charge < -0.3 is 10.1 Å². The van der Waals surface area contributed by atoms with E-state index in [1.54, 1.807) is 0 Å². The van der Waals surface area contributed by atoms with Crippen molar-refractivity contribution < 1.29 is 9.13 Å². The largest absolute Gasteiger partial charge is 0.491 e. The smallest absolute Gasteiger partial charge is 0.144 e. The Labute approximate surface area is 102 Å². The fourth-order valence-corrected chi connectivity index (χ4v) is 2.25. The minimum Gasteiger partial charge on any atom is -0.491 e. The van der Waals surface area contributed by atoms with E-state index in [-0.39, 0.29) is 12.1 Å². The molecule has 2 nitrogen and oxygen atoms in total. The van der Waals surface area contributed by atoms with Crippen molar-refractivity contribution in [3.05, 3.63) is 29.8 Å². The second-order valence-corrected chi connectivity index (χ2v) is 4.81. The molecule has 0 saturated carbocycles. The number of nitrogens with one attached hydrogen (secondary N) is 1. The molecule has 1 fully saturated rings. The van der Waals surface area contributed by atoms with Crippen LogP contribution in [-0.2, 0) is 0 Å². The molecule has 2 unspecified atom stereocenters. The van der Waals surface area contributed by atoms with Crippen LogP contribution in [0.3, 0.4) is 0 Å². The zero-order chi connectivity index (χ0) is 12.3. The van der Waals surface area contributed by atoms with E-state index in [0.717, 1.165) is 19.4 Å². The highest BCUT2D eigenvalue weighted by molar-refractivity contribution is 5.36. The van der Waals surface area contributed by atoms with Crippen LogP contribution in [-0.4, -0.2) is 18.7 Å². The average molecular weight is 237 g/mol. The van der Waals surface area contributed by atoms with E-state index in [1.807, 2.05) is 38.1 Å². The maximum Gasteiger partial charge on any atom is 0.144 e. The number of alkyl halides is 1. The van der Waals surface area contributed by atoms with E-state index in [4.69, 9.17) is 4.74 Å². The molecule has 2 atom stereocenters. The van der Waals surface area contributed by atoms with E-state index in [2.05, 4.69) is 5.32 Å². The first-order chi connectivity index (χ1) is 8.18. The summed E-state index contributed by atoms with van der Waals surface area (Å²) in [7, 11) is 0. The van der Waals surface area contributed by atoms with Crippen LogP contribution in [0.15, 0.2) is 24.3 Å². The van der Waals surface area contributed by atoms with Gasteiger partial charge in [-0.15, -0.1) is 0 Å². The Hall–Kier alpha value is -1.09. The van der Waals surface area contributed by atoms with Crippen molar-refractivity contribution in [1.29, 1.82) is 0 Å². The van der Waals surface area contributed by atoms with Crippen molar-refractivity contribution in [1.82, 2.24) is 5.32 Å². The summed E-state index contributed by atoms with van der Waals surface area (Å²) < 4.78 is 20.1. The zero-order valence-corrected chi connectivity index (χ0v) is 10.4. The van der Waals surface area contributed by atoms with Gasteiger partial charge in [0.2, 0.25) is 0 Å². The summed E-state index contributed by atoms with van der Waals surface area (Å²) in [6.45, 7) is 4.83. The molecule has 1 aliphatic heterocycles. The van der Waals surface area contributed by atoms with Gasteiger partial charge in [0, 0.05) is 11.6 Å². The second kappa shape index (κ2) is 5.50. The van der Waals surface area contributed by atoms with Gasteiger partial charge in [0.05, 0.1) is 6.10 Å². The maximum atomic E-state index is 14.4. The topological polar surface area (TPSA) is 21.3 Å². The van der Waals surface area contributed by atoms with Crippen LogP contribution in [0.2, 0.25) is 0 Å². The molecule has 0 aromatic heterocycles. The molecule has 0 amide bonds. The van der Waals surface area contributed by atoms with E-state index >= 15 is 0 Å². The number of benzene rings is 1. The summed E-state index contributed by atoms with van der Waals surface area (Å²) >= 11 is 0. The molecule has 0 spiro atoms. The average Bonchev–Trinajstić information content (AvgIpc) is 2.81. The summed E-state index contributed by atoms with van der Waals surface area (Å²) in [5.41, 5.74) is 0.667. The molecule has 1 aromatic carbocycles. The third kappa shape index (κ3) is 2.97. The summed E-state index contributed by atoms with van der Waals surface area (Å²) in [6, 6.07) is 7.35. The summed E-state index contributed by atoms with van der Waals surface area (Å²) in [5.74, 6) is 0.670. The predicted molar refractivity (Wildman–Crippen MR) is 67.1 cm³/mol. The van der Waals surface area contributed by atoms with Crippen molar-refractivity contribution >= 4 is 0 Å². The highest BCUT2D eigenvalue weighted by atomic mass is 19.1. The maximum absolute atomic E-state index is 14.4. The van der Waals surface area contributed by atoms with E-state index < -0.39 is 6.17 Å². The molecule has 1 aliphatic rings. The van der Waals surface area contributed by atoms with Crippen LogP contribution in [0.25, 0.3) is 0 Å². The first kappa shape index (κ1) is 12.4. The van der Waals surface area contributed by atoms with Crippen LogP contribution in [0.5, 0.6) is 5.75 Å². The van der Waals surface area contributed by atoms with E-state index in [9.17, 15) is 4.39 Å². The molecule has 3 heteroatoms. The van der Waals surface area contributed by atoms with Crippen molar-refractivity contribution in [2.45, 2.75) is 45.0 Å². The van der Waals surface area contributed by atoms with Gasteiger partial charge in [0.25, 0.3) is 0 Å². The zero-order valence-electron chi connectivity index (χ0n) is 10.4. The lowest BCUT2D eigenvalue weighted by Gasteiger charge is -2.20. The van der Waals surface area contributed by atoms with Crippen LogP contribution in [0, 0.1) is 0 Å². The Bertz CT molecular complexity index is 361. The van der Waals surface area contributed by atoms with Gasteiger partial charge in [-0.1, -0.05) is 18.2 Å². The molecule has 0 aliphatic carbocycles. The lowest BCUT2D eigenvalue weighted by Crippen LogP contribution is -2.27. The lowest BCUT2D eigenvalue weighted by molar-refractivity contribution is 0.219. The molecule has 0 radical (unpaired) electrons. The SMILES string of the molecule is CC(C)Oc1ccccc1C(F)C1CCCN1. The fraction of sp³-hybridized carbons (Fsp3) is 0.571. The van der Waals surface area contributed by atoms with Crippen molar-refractivity contribution in [3.8, 4) is 5.75 Å². The Morgan fingerprint density at radius 1 is 1.35 bits per heavy atom. The number of rotatable bonds is 4. The first-order valence-corrected chi connectivity index (χ1v) is 6.31. The molecule has 1 saturated heterocycles. The van der Waals surface area contributed by atoms with Gasteiger partial charge in [0.15, 0.2) is 0 Å². The number of ether oxygens (including phenoxy) is 1. The molecule has 94 valence electrons. The standard InChI is InChI=1S/C14H20FNO/c1-10(2)17-13-8-4-3-6-11(13)14(15)12-7-5-9-16-12/h3-4,6,8,10,12,14,16H,5,7,9H2,1-2H3. The Morgan fingerprint density at radius 2 is 2.12 bits per heavy atom. The Balaban J connectivity index is 2.18. The van der Waals surface area contributed by atoms with Gasteiger partial charge >= 0.3 is 0 Å². The number of halogens is 1. The first-order valence-electron chi connectivity index (χ1n) is 6.31. The van der Waals surface area contributed by atoms with Gasteiger partial charge in [-0.2, -0.15) is 0 Å². The molecule has 2 rings (SSSR count). The Kier molecular flexibility index (Phi) is 4.00. The van der Waals surface area contributed by atoms with Crippen LogP contribution >= 0.6 is 0 Å². The predicted octanol–water partition coefficient (Wildman–Crippen LogP) is 3.24. The molecular formula is C14H20FNO. The van der Waals surface area contributed by atoms with E-state index in [1.165, 1.54) is 0 Å². The quantitative estimate of drug-likeness (QED) is 0.868. The molecular weight excluding hydrogens is 217 g/mol. The van der Waals surface area contributed by atoms with Gasteiger partial charge in [0.1, 0.15) is 11.9 Å². The molecule has 0 bridgehead atoms. The highest BCUT2D eigenvalue weighted by Crippen LogP contribution is 2.33. The van der Waals surface area contributed by atoms with Crippen LogP contribution in [0.1, 0.15) is 38.4 Å². The summed E-state index contributed by atoms with van der Waals surface area (Å²) in [5, 5.41) is 3.20. The van der Waals surface area contributed by atoms with Gasteiger partial charge in [-0.3, -0.25) is 0 Å². The fourth-order valence-electron chi connectivity index (χ4n) is 2.25. The summed E-state index contributed by atoms with van der Waals surface area (Å²) in [4.78, 5) is 0. The van der Waals surface area contributed by atoms with E-state index in [0.29, 0.717) is 11.3 Å². The summed E-state index contributed by atoms with van der Waals surface area (Å²) in [6.07, 6.45) is 1.04. The van der Waals surface area contributed by atoms with Gasteiger partial charge in [-0.25, -0.2) is 4.39 Å². The highest BCUT2D eigenvalue weighted by Gasteiger charge is 2.27. The lowest BCUT2D eigenvalue weighted by atomic mass is 10.0. The van der Waals surface area contributed by atoms with Crippen molar-refractivity contribution in [2.24, 2.45) is 0 Å². The van der Waals surface area contributed by atoms with Gasteiger partial charge in [-0.05, 0) is 39.3 Å². The minimum atomic E-state index is -0.979. The van der Waals surface area contributed by atoms with Crippen molar-refractivity contribution in [2.75, 3.05) is 6.54 Å². The minimum absolute atomic E-state index is 0.0630. The Morgan fingerprint density at radius 3 is 2.76 bits per heavy atom. The molecule has 1 heterocycles. The molecule has 17 heavy (non-hydrogen) atoms. The number of hydrogen-bond donors (Lipinski definition) is 1. The monoisotopic (exact) mass is 237 g/mol.